The third kappa shape index (κ3) is 3.55. The van der Waals surface area contributed by atoms with Crippen LogP contribution in [0.15, 0.2) is 34.4 Å². The van der Waals surface area contributed by atoms with Crippen LogP contribution in [0.1, 0.15) is 24.3 Å². The Kier molecular flexibility index (Phi) is 4.55. The first-order valence-corrected chi connectivity index (χ1v) is 7.96. The molecule has 7 heteroatoms. The number of hydrogen-bond acceptors (Lipinski definition) is 7. The van der Waals surface area contributed by atoms with E-state index in [9.17, 15) is 0 Å². The molecule has 1 atom stereocenters. The van der Waals surface area contributed by atoms with Gasteiger partial charge in [-0.25, -0.2) is 4.98 Å². The molecular weight excluding hydrogens is 298 g/mol. The van der Waals surface area contributed by atoms with Crippen molar-refractivity contribution >= 4 is 11.3 Å². The summed E-state index contributed by atoms with van der Waals surface area (Å²) in [6.07, 6.45) is 4.87. The van der Waals surface area contributed by atoms with Gasteiger partial charge in [-0.2, -0.15) is 4.98 Å². The van der Waals surface area contributed by atoms with Crippen LogP contribution in [0, 0.1) is 0 Å². The number of hydrogen-bond donors (Lipinski definition) is 1. The Morgan fingerprint density at radius 1 is 1.36 bits per heavy atom. The van der Waals surface area contributed by atoms with Gasteiger partial charge in [0.05, 0.1) is 12.1 Å². The molecule has 0 spiro atoms. The van der Waals surface area contributed by atoms with Crippen molar-refractivity contribution in [2.75, 3.05) is 7.05 Å². The molecule has 0 bridgehead atoms. The standard InChI is InChI=1S/C15H17N5OS/c1-10(16-2)6-13-19-14(21-20-13)7-12-9-22-15(18-12)11-4-3-5-17-8-11/h3-5,8-10,16H,6-7H2,1-2H3. The average molecular weight is 315 g/mol. The van der Waals surface area contributed by atoms with Crippen molar-refractivity contribution in [2.24, 2.45) is 0 Å². The van der Waals surface area contributed by atoms with Crippen LogP contribution in [0.2, 0.25) is 0 Å². The van der Waals surface area contributed by atoms with Crippen molar-refractivity contribution in [3.8, 4) is 10.6 Å². The van der Waals surface area contributed by atoms with Gasteiger partial charge in [0.1, 0.15) is 5.01 Å². The van der Waals surface area contributed by atoms with Crippen molar-refractivity contribution in [3.63, 3.8) is 0 Å². The quantitative estimate of drug-likeness (QED) is 0.752. The second-order valence-electron chi connectivity index (χ2n) is 5.06. The highest BCUT2D eigenvalue weighted by atomic mass is 32.1. The largest absolute Gasteiger partial charge is 0.339 e. The van der Waals surface area contributed by atoms with Crippen LogP contribution in [0.3, 0.4) is 0 Å². The van der Waals surface area contributed by atoms with E-state index in [-0.39, 0.29) is 0 Å². The van der Waals surface area contributed by atoms with Crippen LogP contribution in [0.4, 0.5) is 0 Å². The number of aromatic nitrogens is 4. The van der Waals surface area contributed by atoms with Crippen LogP contribution in [-0.4, -0.2) is 33.2 Å². The van der Waals surface area contributed by atoms with Crippen molar-refractivity contribution in [1.82, 2.24) is 25.4 Å². The van der Waals surface area contributed by atoms with Crippen molar-refractivity contribution < 1.29 is 4.52 Å². The monoisotopic (exact) mass is 315 g/mol. The molecule has 3 aromatic heterocycles. The molecule has 3 aromatic rings. The van der Waals surface area contributed by atoms with Crippen LogP contribution in [-0.2, 0) is 12.8 Å². The van der Waals surface area contributed by atoms with Gasteiger partial charge in [-0.3, -0.25) is 4.98 Å². The highest BCUT2D eigenvalue weighted by molar-refractivity contribution is 7.13. The number of pyridine rings is 1. The molecule has 0 saturated carbocycles. The Bertz CT molecular complexity index is 724. The maximum Gasteiger partial charge on any atom is 0.232 e. The molecule has 0 fully saturated rings. The van der Waals surface area contributed by atoms with Gasteiger partial charge in [0.25, 0.3) is 0 Å². The Morgan fingerprint density at radius 2 is 2.27 bits per heavy atom. The van der Waals surface area contributed by atoms with Gasteiger partial charge in [0.15, 0.2) is 5.82 Å². The van der Waals surface area contributed by atoms with Gasteiger partial charge in [-0.05, 0) is 26.1 Å². The highest BCUT2D eigenvalue weighted by Crippen LogP contribution is 2.23. The minimum Gasteiger partial charge on any atom is -0.339 e. The zero-order valence-electron chi connectivity index (χ0n) is 12.5. The van der Waals surface area contributed by atoms with Crippen LogP contribution < -0.4 is 5.32 Å². The Hall–Kier alpha value is -2.12. The summed E-state index contributed by atoms with van der Waals surface area (Å²) in [5, 5.41) is 10.1. The zero-order chi connectivity index (χ0) is 15.4. The van der Waals surface area contributed by atoms with E-state index in [1.807, 2.05) is 30.8 Å². The van der Waals surface area contributed by atoms with Crippen molar-refractivity contribution in [1.29, 1.82) is 0 Å². The van der Waals surface area contributed by atoms with Gasteiger partial charge >= 0.3 is 0 Å². The molecule has 0 saturated heterocycles. The second-order valence-corrected chi connectivity index (χ2v) is 5.92. The number of thiazole rings is 1. The Morgan fingerprint density at radius 3 is 3.05 bits per heavy atom. The lowest BCUT2D eigenvalue weighted by molar-refractivity contribution is 0.376. The summed E-state index contributed by atoms with van der Waals surface area (Å²) in [5.41, 5.74) is 1.95. The summed E-state index contributed by atoms with van der Waals surface area (Å²) < 4.78 is 5.29. The first-order valence-electron chi connectivity index (χ1n) is 7.08. The van der Waals surface area contributed by atoms with E-state index in [4.69, 9.17) is 4.52 Å². The number of nitrogens with zero attached hydrogens (tertiary/aromatic N) is 4. The van der Waals surface area contributed by atoms with E-state index in [1.54, 1.807) is 17.5 Å². The molecule has 6 nitrogen and oxygen atoms in total. The molecule has 0 aliphatic rings. The Balaban J connectivity index is 1.68. The van der Waals surface area contributed by atoms with Gasteiger partial charge in [0.2, 0.25) is 5.89 Å². The van der Waals surface area contributed by atoms with Gasteiger partial charge in [-0.1, -0.05) is 5.16 Å². The van der Waals surface area contributed by atoms with Gasteiger partial charge in [0, 0.05) is 35.8 Å². The van der Waals surface area contributed by atoms with E-state index in [1.165, 1.54) is 0 Å². The summed E-state index contributed by atoms with van der Waals surface area (Å²) >= 11 is 1.59. The third-order valence-electron chi connectivity index (χ3n) is 3.28. The molecule has 3 rings (SSSR count). The lowest BCUT2D eigenvalue weighted by Crippen LogP contribution is -2.24. The van der Waals surface area contributed by atoms with Crippen LogP contribution in [0.25, 0.3) is 10.6 Å². The molecule has 0 aliphatic heterocycles. The van der Waals surface area contributed by atoms with Gasteiger partial charge in [-0.15, -0.1) is 11.3 Å². The van der Waals surface area contributed by atoms with E-state index in [0.717, 1.165) is 28.5 Å². The summed E-state index contributed by atoms with van der Waals surface area (Å²) in [5.74, 6) is 1.32. The van der Waals surface area contributed by atoms with Crippen LogP contribution in [0.5, 0.6) is 0 Å². The minimum absolute atomic E-state index is 0.321. The fourth-order valence-corrected chi connectivity index (χ4v) is 2.80. The SMILES string of the molecule is CNC(C)Cc1noc(Cc2csc(-c3cccnc3)n2)n1. The molecule has 22 heavy (non-hydrogen) atoms. The molecular formula is C15H17N5OS. The lowest BCUT2D eigenvalue weighted by Gasteiger charge is -2.04. The predicted octanol–water partition coefficient (Wildman–Crippen LogP) is 2.33. The van der Waals surface area contributed by atoms with E-state index in [2.05, 4.69) is 32.3 Å². The summed E-state index contributed by atoms with van der Waals surface area (Å²) in [7, 11) is 1.92. The van der Waals surface area contributed by atoms with E-state index in [0.29, 0.717) is 18.4 Å². The summed E-state index contributed by atoms with van der Waals surface area (Å²) in [6.45, 7) is 2.08. The zero-order valence-corrected chi connectivity index (χ0v) is 13.3. The molecule has 114 valence electrons. The Labute approximate surface area is 132 Å². The number of rotatable bonds is 6. The number of likely N-dealkylation sites (N-methyl/N-ethyl adjacent to an activating group) is 1. The third-order valence-corrected chi connectivity index (χ3v) is 4.22. The molecule has 0 aromatic carbocycles. The summed E-state index contributed by atoms with van der Waals surface area (Å²) in [4.78, 5) is 13.1. The van der Waals surface area contributed by atoms with Crippen molar-refractivity contribution in [2.45, 2.75) is 25.8 Å². The molecule has 3 heterocycles. The first kappa shape index (κ1) is 14.8. The highest BCUT2D eigenvalue weighted by Gasteiger charge is 2.12. The normalized spacial score (nSPS) is 12.5. The maximum absolute atomic E-state index is 5.29. The van der Waals surface area contributed by atoms with E-state index < -0.39 is 0 Å². The minimum atomic E-state index is 0.321. The molecule has 1 unspecified atom stereocenters. The van der Waals surface area contributed by atoms with Crippen molar-refractivity contribution in [3.05, 3.63) is 47.3 Å². The molecule has 0 aliphatic carbocycles. The number of nitrogens with one attached hydrogen (secondary N) is 1. The summed E-state index contributed by atoms with van der Waals surface area (Å²) in [6, 6.07) is 4.23. The first-order chi connectivity index (χ1) is 10.7. The predicted molar refractivity (Wildman–Crippen MR) is 84.7 cm³/mol. The molecule has 0 radical (unpaired) electrons. The lowest BCUT2D eigenvalue weighted by atomic mass is 10.2. The van der Waals surface area contributed by atoms with E-state index >= 15 is 0 Å². The molecule has 0 amide bonds. The molecule has 1 N–H and O–H groups in total. The fraction of sp³-hybridized carbons (Fsp3) is 0.333. The van der Waals surface area contributed by atoms with Gasteiger partial charge < -0.3 is 9.84 Å². The maximum atomic E-state index is 5.29. The topological polar surface area (TPSA) is 76.7 Å². The average Bonchev–Trinajstić information content (AvgIpc) is 3.18. The fourth-order valence-electron chi connectivity index (χ4n) is 1.99. The smallest absolute Gasteiger partial charge is 0.232 e. The van der Waals surface area contributed by atoms with Crippen LogP contribution >= 0.6 is 11.3 Å². The second kappa shape index (κ2) is 6.76.